The molecular weight excluding hydrogens is 360 g/mol. The van der Waals surface area contributed by atoms with Gasteiger partial charge in [0.15, 0.2) is 0 Å². The van der Waals surface area contributed by atoms with Crippen LogP contribution in [0.4, 0.5) is 5.00 Å². The highest BCUT2D eigenvalue weighted by atomic mass is 32.1. The van der Waals surface area contributed by atoms with E-state index in [1.54, 1.807) is 31.2 Å². The van der Waals surface area contributed by atoms with Crippen molar-refractivity contribution in [3.63, 3.8) is 0 Å². The summed E-state index contributed by atoms with van der Waals surface area (Å²) < 4.78 is 5.11. The molecular formula is C21H16N2O3S. The van der Waals surface area contributed by atoms with Crippen LogP contribution < -0.4 is 5.32 Å². The summed E-state index contributed by atoms with van der Waals surface area (Å²) in [6.07, 6.45) is 0. The Bertz CT molecular complexity index is 1020. The quantitative estimate of drug-likeness (QED) is 0.654. The molecule has 1 amide bonds. The molecule has 0 atom stereocenters. The number of esters is 1. The fourth-order valence-electron chi connectivity index (χ4n) is 2.49. The van der Waals surface area contributed by atoms with Crippen LogP contribution in [0.3, 0.4) is 0 Å². The normalized spacial score (nSPS) is 10.1. The molecule has 1 aromatic heterocycles. The third-order valence-electron chi connectivity index (χ3n) is 3.77. The van der Waals surface area contributed by atoms with E-state index in [1.807, 2.05) is 36.4 Å². The lowest BCUT2D eigenvalue weighted by Crippen LogP contribution is -2.14. The Labute approximate surface area is 160 Å². The first-order valence-electron chi connectivity index (χ1n) is 8.30. The van der Waals surface area contributed by atoms with Crippen molar-refractivity contribution in [1.82, 2.24) is 0 Å². The lowest BCUT2D eigenvalue weighted by molar-refractivity contribution is 0.0528. The second-order valence-corrected chi connectivity index (χ2v) is 6.64. The standard InChI is InChI=1S/C21H16N2O3S/c1-2-26-21(25)17-12-18(15-8-4-3-5-9-15)27-20(17)23-19(24)16-10-6-7-14(11-16)13-22/h3-12H,2H2,1H3,(H,23,24). The first-order chi connectivity index (χ1) is 13.1. The lowest BCUT2D eigenvalue weighted by Gasteiger charge is -2.06. The van der Waals surface area contributed by atoms with Gasteiger partial charge in [0.05, 0.1) is 23.8 Å². The van der Waals surface area contributed by atoms with Gasteiger partial charge in [0.1, 0.15) is 5.00 Å². The van der Waals surface area contributed by atoms with E-state index < -0.39 is 5.97 Å². The minimum Gasteiger partial charge on any atom is -0.462 e. The van der Waals surface area contributed by atoms with Gasteiger partial charge in [-0.15, -0.1) is 11.3 Å². The molecule has 1 N–H and O–H groups in total. The number of carbonyl (C=O) groups excluding carboxylic acids is 2. The number of nitrogens with one attached hydrogen (secondary N) is 1. The molecule has 5 nitrogen and oxygen atoms in total. The summed E-state index contributed by atoms with van der Waals surface area (Å²) in [5, 5.41) is 12.2. The molecule has 0 saturated heterocycles. The van der Waals surface area contributed by atoms with E-state index in [9.17, 15) is 9.59 Å². The zero-order valence-electron chi connectivity index (χ0n) is 14.6. The van der Waals surface area contributed by atoms with Crippen molar-refractivity contribution in [2.75, 3.05) is 11.9 Å². The molecule has 0 bridgehead atoms. The van der Waals surface area contributed by atoms with E-state index in [4.69, 9.17) is 10.00 Å². The van der Waals surface area contributed by atoms with Gasteiger partial charge in [0, 0.05) is 10.4 Å². The number of hydrogen-bond acceptors (Lipinski definition) is 5. The van der Waals surface area contributed by atoms with Crippen LogP contribution in [0.15, 0.2) is 60.7 Å². The van der Waals surface area contributed by atoms with E-state index in [0.717, 1.165) is 10.4 Å². The molecule has 3 aromatic rings. The molecule has 0 fully saturated rings. The van der Waals surface area contributed by atoms with Gasteiger partial charge in [-0.25, -0.2) is 4.79 Å². The lowest BCUT2D eigenvalue weighted by atomic mass is 10.1. The number of nitrogens with zero attached hydrogens (tertiary/aromatic N) is 1. The van der Waals surface area contributed by atoms with Crippen molar-refractivity contribution in [1.29, 1.82) is 5.26 Å². The van der Waals surface area contributed by atoms with Crippen LogP contribution in [0.1, 0.15) is 33.2 Å². The summed E-state index contributed by atoms with van der Waals surface area (Å²) in [7, 11) is 0. The van der Waals surface area contributed by atoms with Crippen molar-refractivity contribution in [2.24, 2.45) is 0 Å². The molecule has 6 heteroatoms. The smallest absolute Gasteiger partial charge is 0.341 e. The van der Waals surface area contributed by atoms with Crippen molar-refractivity contribution < 1.29 is 14.3 Å². The predicted molar refractivity (Wildman–Crippen MR) is 105 cm³/mol. The Morgan fingerprint density at radius 3 is 2.59 bits per heavy atom. The third kappa shape index (κ3) is 4.22. The van der Waals surface area contributed by atoms with Gasteiger partial charge in [-0.2, -0.15) is 5.26 Å². The minimum atomic E-state index is -0.489. The van der Waals surface area contributed by atoms with Crippen molar-refractivity contribution in [2.45, 2.75) is 6.92 Å². The number of thiophene rings is 1. The van der Waals surface area contributed by atoms with Gasteiger partial charge in [0.25, 0.3) is 5.91 Å². The van der Waals surface area contributed by atoms with Crippen LogP contribution in [0.5, 0.6) is 0 Å². The largest absolute Gasteiger partial charge is 0.462 e. The van der Waals surface area contributed by atoms with E-state index in [2.05, 4.69) is 5.32 Å². The SMILES string of the molecule is CCOC(=O)c1cc(-c2ccccc2)sc1NC(=O)c1cccc(C#N)c1. The molecule has 0 spiro atoms. The summed E-state index contributed by atoms with van der Waals surface area (Å²) in [5.74, 6) is -0.879. The van der Waals surface area contributed by atoms with Gasteiger partial charge in [-0.05, 0) is 36.8 Å². The van der Waals surface area contributed by atoms with Crippen LogP contribution >= 0.6 is 11.3 Å². The second kappa shape index (κ2) is 8.30. The maximum Gasteiger partial charge on any atom is 0.341 e. The summed E-state index contributed by atoms with van der Waals surface area (Å²) >= 11 is 1.30. The van der Waals surface area contributed by atoms with Crippen LogP contribution in [0.2, 0.25) is 0 Å². The van der Waals surface area contributed by atoms with Gasteiger partial charge >= 0.3 is 5.97 Å². The minimum absolute atomic E-state index is 0.243. The first kappa shape index (κ1) is 18.4. The Balaban J connectivity index is 1.95. The van der Waals surface area contributed by atoms with Crippen LogP contribution in [0, 0.1) is 11.3 Å². The van der Waals surface area contributed by atoms with E-state index in [-0.39, 0.29) is 12.5 Å². The van der Waals surface area contributed by atoms with Gasteiger partial charge in [0.2, 0.25) is 0 Å². The summed E-state index contributed by atoms with van der Waals surface area (Å²) in [6, 6.07) is 19.7. The molecule has 0 radical (unpaired) electrons. The van der Waals surface area contributed by atoms with E-state index in [0.29, 0.717) is 21.7 Å². The van der Waals surface area contributed by atoms with Crippen molar-refractivity contribution >= 4 is 28.2 Å². The number of benzene rings is 2. The molecule has 3 rings (SSSR count). The maximum atomic E-state index is 12.6. The highest BCUT2D eigenvalue weighted by molar-refractivity contribution is 7.20. The average molecular weight is 376 g/mol. The van der Waals surface area contributed by atoms with Crippen molar-refractivity contribution in [3.05, 3.63) is 77.4 Å². The predicted octanol–water partition coefficient (Wildman–Crippen LogP) is 4.72. The molecule has 0 aliphatic heterocycles. The third-order valence-corrected chi connectivity index (χ3v) is 4.87. The Morgan fingerprint density at radius 1 is 1.11 bits per heavy atom. The highest BCUT2D eigenvalue weighted by Gasteiger charge is 2.20. The molecule has 0 aliphatic rings. The zero-order valence-corrected chi connectivity index (χ0v) is 15.4. The van der Waals surface area contributed by atoms with E-state index in [1.165, 1.54) is 17.4 Å². The number of anilines is 1. The first-order valence-corrected chi connectivity index (χ1v) is 9.12. The highest BCUT2D eigenvalue weighted by Crippen LogP contribution is 2.36. The molecule has 0 aliphatic carbocycles. The number of nitriles is 1. The summed E-state index contributed by atoms with van der Waals surface area (Å²) in [4.78, 5) is 25.8. The topological polar surface area (TPSA) is 79.2 Å². The van der Waals surface area contributed by atoms with Gasteiger partial charge in [-0.3, -0.25) is 4.79 Å². The number of ether oxygens (including phenoxy) is 1. The average Bonchev–Trinajstić information content (AvgIpc) is 3.13. The van der Waals surface area contributed by atoms with Crippen molar-refractivity contribution in [3.8, 4) is 16.5 Å². The number of hydrogen-bond donors (Lipinski definition) is 1. The maximum absolute atomic E-state index is 12.6. The monoisotopic (exact) mass is 376 g/mol. The molecule has 0 saturated carbocycles. The molecule has 27 heavy (non-hydrogen) atoms. The Morgan fingerprint density at radius 2 is 1.89 bits per heavy atom. The molecule has 2 aromatic carbocycles. The molecule has 1 heterocycles. The second-order valence-electron chi connectivity index (χ2n) is 5.59. The summed E-state index contributed by atoms with van der Waals surface area (Å²) in [5.41, 5.74) is 1.99. The van der Waals surface area contributed by atoms with Crippen LogP contribution in [0.25, 0.3) is 10.4 Å². The van der Waals surface area contributed by atoms with Crippen LogP contribution in [-0.4, -0.2) is 18.5 Å². The fourth-order valence-corrected chi connectivity index (χ4v) is 3.54. The van der Waals surface area contributed by atoms with Crippen LogP contribution in [-0.2, 0) is 4.74 Å². The number of amides is 1. The van der Waals surface area contributed by atoms with Gasteiger partial charge in [-0.1, -0.05) is 36.4 Å². The number of rotatable bonds is 5. The Kier molecular flexibility index (Phi) is 5.64. The number of carbonyl (C=O) groups is 2. The zero-order chi connectivity index (χ0) is 19.2. The summed E-state index contributed by atoms with van der Waals surface area (Å²) in [6.45, 7) is 1.97. The van der Waals surface area contributed by atoms with E-state index >= 15 is 0 Å². The molecule has 0 unspecified atom stereocenters. The van der Waals surface area contributed by atoms with Gasteiger partial charge < -0.3 is 10.1 Å². The molecule has 134 valence electrons. The fraction of sp³-hybridized carbons (Fsp3) is 0.0952. The Hall–Kier alpha value is -3.43.